The van der Waals surface area contributed by atoms with E-state index >= 15 is 0 Å². The summed E-state index contributed by atoms with van der Waals surface area (Å²) < 4.78 is 5.22. The molecule has 0 radical (unpaired) electrons. The van der Waals surface area contributed by atoms with E-state index in [1.165, 1.54) is 11.3 Å². The van der Waals surface area contributed by atoms with Gasteiger partial charge in [0.1, 0.15) is 0 Å². The number of thiophene rings is 1. The highest BCUT2D eigenvalue weighted by atomic mass is 32.1. The van der Waals surface area contributed by atoms with Crippen molar-refractivity contribution in [2.45, 2.75) is 32.2 Å². The highest BCUT2D eigenvalue weighted by Crippen LogP contribution is 2.19. The molecule has 7 heteroatoms. The third-order valence-corrected chi connectivity index (χ3v) is 5.31. The Bertz CT molecular complexity index is 819. The molecule has 0 saturated carbocycles. The van der Waals surface area contributed by atoms with Crippen molar-refractivity contribution >= 4 is 34.8 Å². The summed E-state index contributed by atoms with van der Waals surface area (Å²) in [5, 5.41) is 6.26. The number of hydrogen-bond donors (Lipinski definition) is 1. The number of rotatable bonds is 5. The Balaban J connectivity index is 1.63. The second-order valence-electron chi connectivity index (χ2n) is 6.52. The normalized spacial score (nSPS) is 16.6. The quantitative estimate of drug-likeness (QED) is 0.797. The number of amides is 2. The zero-order valence-corrected chi connectivity index (χ0v) is 16.0. The number of hydrogen-bond acceptors (Lipinski definition) is 5. The molecule has 1 saturated heterocycles. The molecule has 1 unspecified atom stereocenters. The van der Waals surface area contributed by atoms with Crippen LogP contribution in [0.1, 0.15) is 46.9 Å². The van der Waals surface area contributed by atoms with Crippen LogP contribution >= 0.6 is 11.3 Å². The molecule has 1 N–H and O–H groups in total. The van der Waals surface area contributed by atoms with Crippen LogP contribution in [-0.2, 0) is 9.53 Å². The predicted octanol–water partition coefficient (Wildman–Crippen LogP) is 3.56. The molecular weight excluding hydrogens is 364 g/mol. The number of ether oxygens (including phenoxy) is 1. The summed E-state index contributed by atoms with van der Waals surface area (Å²) in [4.78, 5) is 38.8. The van der Waals surface area contributed by atoms with Gasteiger partial charge in [0.2, 0.25) is 0 Å². The lowest BCUT2D eigenvalue weighted by atomic mass is 10.0. The molecule has 2 heterocycles. The van der Waals surface area contributed by atoms with Crippen molar-refractivity contribution in [1.29, 1.82) is 0 Å². The number of nitrogens with zero attached hydrogens (tertiary/aromatic N) is 1. The van der Waals surface area contributed by atoms with Crippen LogP contribution in [0, 0.1) is 0 Å². The van der Waals surface area contributed by atoms with Gasteiger partial charge in [0.25, 0.3) is 11.8 Å². The van der Waals surface area contributed by atoms with Crippen LogP contribution in [0.4, 0.5) is 5.69 Å². The van der Waals surface area contributed by atoms with E-state index in [0.717, 1.165) is 19.3 Å². The number of para-hydroxylation sites is 1. The zero-order chi connectivity index (χ0) is 19.2. The van der Waals surface area contributed by atoms with E-state index in [4.69, 9.17) is 4.74 Å². The Hall–Kier alpha value is -2.67. The SMILES string of the molecule is CC1CCCCN1C(=O)COC(=O)c1ccccc1NC(=O)c1ccsc1. The number of likely N-dealkylation sites (tertiary alicyclic amines) is 1. The average molecular weight is 386 g/mol. The Kier molecular flexibility index (Phi) is 6.24. The van der Waals surface area contributed by atoms with Crippen molar-refractivity contribution in [3.05, 3.63) is 52.2 Å². The molecule has 1 aliphatic heterocycles. The van der Waals surface area contributed by atoms with Crippen LogP contribution in [0.5, 0.6) is 0 Å². The molecule has 6 nitrogen and oxygen atoms in total. The van der Waals surface area contributed by atoms with Crippen molar-refractivity contribution in [2.24, 2.45) is 0 Å². The Morgan fingerprint density at radius 2 is 2.04 bits per heavy atom. The lowest BCUT2D eigenvalue weighted by Gasteiger charge is -2.33. The van der Waals surface area contributed by atoms with Gasteiger partial charge >= 0.3 is 5.97 Å². The van der Waals surface area contributed by atoms with Gasteiger partial charge in [-0.2, -0.15) is 11.3 Å². The monoisotopic (exact) mass is 386 g/mol. The lowest BCUT2D eigenvalue weighted by Crippen LogP contribution is -2.44. The van der Waals surface area contributed by atoms with Gasteiger partial charge in [-0.05, 0) is 49.8 Å². The van der Waals surface area contributed by atoms with E-state index in [1.807, 2.05) is 12.3 Å². The van der Waals surface area contributed by atoms with Gasteiger partial charge < -0.3 is 15.0 Å². The van der Waals surface area contributed by atoms with Crippen molar-refractivity contribution in [3.8, 4) is 0 Å². The fraction of sp³-hybridized carbons (Fsp3) is 0.350. The molecule has 1 fully saturated rings. The number of nitrogens with one attached hydrogen (secondary N) is 1. The van der Waals surface area contributed by atoms with Crippen LogP contribution < -0.4 is 5.32 Å². The lowest BCUT2D eigenvalue weighted by molar-refractivity contribution is -0.137. The second-order valence-corrected chi connectivity index (χ2v) is 7.30. The zero-order valence-electron chi connectivity index (χ0n) is 15.1. The standard InChI is InChI=1S/C20H22N2O4S/c1-14-6-4-5-10-22(14)18(23)12-26-20(25)16-7-2-3-8-17(16)21-19(24)15-9-11-27-13-15/h2-3,7-9,11,13-14H,4-6,10,12H2,1H3,(H,21,24). The third kappa shape index (κ3) is 4.74. The van der Waals surface area contributed by atoms with Crippen molar-refractivity contribution in [3.63, 3.8) is 0 Å². The minimum Gasteiger partial charge on any atom is -0.452 e. The van der Waals surface area contributed by atoms with Gasteiger partial charge in [0.15, 0.2) is 6.61 Å². The first-order valence-electron chi connectivity index (χ1n) is 8.95. The largest absolute Gasteiger partial charge is 0.452 e. The molecule has 142 valence electrons. The van der Waals surface area contributed by atoms with Gasteiger partial charge in [0.05, 0.1) is 16.8 Å². The molecule has 2 amide bonds. The molecule has 2 aromatic rings. The van der Waals surface area contributed by atoms with Crippen LogP contribution in [-0.4, -0.2) is 41.9 Å². The summed E-state index contributed by atoms with van der Waals surface area (Å²) in [6.45, 7) is 2.41. The number of piperidine rings is 1. The molecule has 1 aliphatic rings. The molecule has 0 bridgehead atoms. The van der Waals surface area contributed by atoms with E-state index < -0.39 is 5.97 Å². The fourth-order valence-electron chi connectivity index (χ4n) is 3.11. The van der Waals surface area contributed by atoms with Gasteiger partial charge in [-0.1, -0.05) is 12.1 Å². The van der Waals surface area contributed by atoms with E-state index in [1.54, 1.807) is 40.6 Å². The maximum absolute atomic E-state index is 12.5. The molecular formula is C20H22N2O4S. The highest BCUT2D eigenvalue weighted by Gasteiger charge is 2.24. The van der Waals surface area contributed by atoms with E-state index in [-0.39, 0.29) is 30.0 Å². The van der Waals surface area contributed by atoms with E-state index in [9.17, 15) is 14.4 Å². The Labute approximate surface area is 162 Å². The second kappa shape index (κ2) is 8.81. The molecule has 1 atom stereocenters. The molecule has 1 aromatic carbocycles. The summed E-state index contributed by atoms with van der Waals surface area (Å²) in [7, 11) is 0. The summed E-state index contributed by atoms with van der Waals surface area (Å²) in [6, 6.07) is 8.49. The number of carbonyl (C=O) groups is 3. The highest BCUT2D eigenvalue weighted by molar-refractivity contribution is 7.08. The first-order valence-corrected chi connectivity index (χ1v) is 9.89. The van der Waals surface area contributed by atoms with Gasteiger partial charge in [-0.25, -0.2) is 4.79 Å². The number of carbonyl (C=O) groups excluding carboxylic acids is 3. The fourth-order valence-corrected chi connectivity index (χ4v) is 3.75. The summed E-state index contributed by atoms with van der Waals surface area (Å²) >= 11 is 1.42. The molecule has 3 rings (SSSR count). The molecule has 1 aromatic heterocycles. The van der Waals surface area contributed by atoms with E-state index in [0.29, 0.717) is 17.8 Å². The smallest absolute Gasteiger partial charge is 0.340 e. The van der Waals surface area contributed by atoms with Gasteiger partial charge in [-0.3, -0.25) is 9.59 Å². The van der Waals surface area contributed by atoms with Crippen molar-refractivity contribution in [2.75, 3.05) is 18.5 Å². The van der Waals surface area contributed by atoms with Crippen LogP contribution in [0.15, 0.2) is 41.1 Å². The first kappa shape index (κ1) is 19.1. The van der Waals surface area contributed by atoms with Gasteiger partial charge in [0, 0.05) is 18.0 Å². The minimum atomic E-state index is -0.630. The Morgan fingerprint density at radius 1 is 1.22 bits per heavy atom. The molecule has 0 aliphatic carbocycles. The topological polar surface area (TPSA) is 75.7 Å². The molecule has 27 heavy (non-hydrogen) atoms. The van der Waals surface area contributed by atoms with Crippen molar-refractivity contribution in [1.82, 2.24) is 4.90 Å². The molecule has 0 spiro atoms. The Morgan fingerprint density at radius 3 is 2.78 bits per heavy atom. The van der Waals surface area contributed by atoms with Crippen molar-refractivity contribution < 1.29 is 19.1 Å². The number of anilines is 1. The average Bonchev–Trinajstić information content (AvgIpc) is 3.21. The number of benzene rings is 1. The van der Waals surface area contributed by atoms with Crippen LogP contribution in [0.3, 0.4) is 0 Å². The predicted molar refractivity (Wildman–Crippen MR) is 104 cm³/mol. The summed E-state index contributed by atoms with van der Waals surface area (Å²) in [5.74, 6) is -1.11. The number of esters is 1. The minimum absolute atomic E-state index is 0.169. The van der Waals surface area contributed by atoms with Crippen LogP contribution in [0.25, 0.3) is 0 Å². The van der Waals surface area contributed by atoms with Gasteiger partial charge in [-0.15, -0.1) is 0 Å². The summed E-state index contributed by atoms with van der Waals surface area (Å²) in [5.41, 5.74) is 1.11. The maximum Gasteiger partial charge on any atom is 0.340 e. The maximum atomic E-state index is 12.5. The van der Waals surface area contributed by atoms with Crippen LogP contribution in [0.2, 0.25) is 0 Å². The third-order valence-electron chi connectivity index (χ3n) is 4.63. The summed E-state index contributed by atoms with van der Waals surface area (Å²) in [6.07, 6.45) is 3.06. The van der Waals surface area contributed by atoms with E-state index in [2.05, 4.69) is 5.32 Å². The first-order chi connectivity index (χ1) is 13.1.